The van der Waals surface area contributed by atoms with Crippen LogP contribution in [0.4, 0.5) is 5.69 Å². The van der Waals surface area contributed by atoms with Crippen LogP contribution in [0.2, 0.25) is 5.02 Å². The lowest BCUT2D eigenvalue weighted by Crippen LogP contribution is -2.15. The van der Waals surface area contributed by atoms with E-state index >= 15 is 0 Å². The fourth-order valence-electron chi connectivity index (χ4n) is 2.46. The molecule has 0 saturated carbocycles. The quantitative estimate of drug-likeness (QED) is 0.385. The average molecular weight is 473 g/mol. The molecule has 0 unspecified atom stereocenters. The van der Waals surface area contributed by atoms with Gasteiger partial charge in [-0.3, -0.25) is 9.59 Å². The zero-order valence-electron chi connectivity index (χ0n) is 15.0. The number of carbonyl (C=O) groups is 3. The number of rotatable bonds is 6. The van der Waals surface area contributed by atoms with Gasteiger partial charge >= 0.3 is 5.97 Å². The second-order valence-corrected chi connectivity index (χ2v) is 7.40. The van der Waals surface area contributed by atoms with Crippen LogP contribution in [-0.4, -0.2) is 24.3 Å². The molecule has 1 amide bonds. The Hall–Kier alpha value is -2.96. The number of ketones is 1. The van der Waals surface area contributed by atoms with Crippen LogP contribution < -0.4 is 5.32 Å². The lowest BCUT2D eigenvalue weighted by atomic mass is 10.1. The molecule has 146 valence electrons. The summed E-state index contributed by atoms with van der Waals surface area (Å²) in [5.41, 5.74) is 1.54. The first-order chi connectivity index (χ1) is 13.9. The van der Waals surface area contributed by atoms with E-state index < -0.39 is 5.97 Å². The Labute approximate surface area is 180 Å². The Bertz CT molecular complexity index is 1050. The zero-order chi connectivity index (χ0) is 20.8. The molecule has 1 N–H and O–H groups in total. The molecule has 0 aromatic heterocycles. The van der Waals surface area contributed by atoms with Crippen molar-refractivity contribution in [1.29, 1.82) is 0 Å². The minimum absolute atomic E-state index is 0.225. The molecule has 0 saturated heterocycles. The van der Waals surface area contributed by atoms with E-state index in [-0.39, 0.29) is 23.9 Å². The fraction of sp³-hybridized carbons (Fsp3) is 0.0455. The molecule has 0 aliphatic heterocycles. The summed E-state index contributed by atoms with van der Waals surface area (Å²) in [7, 11) is 0. The van der Waals surface area contributed by atoms with Crippen LogP contribution in [0.15, 0.2) is 77.3 Å². The topological polar surface area (TPSA) is 72.5 Å². The highest BCUT2D eigenvalue weighted by atomic mass is 79.9. The predicted octanol–water partition coefficient (Wildman–Crippen LogP) is 5.39. The maximum atomic E-state index is 12.3. The Balaban J connectivity index is 1.61. The molecule has 0 aliphatic rings. The zero-order valence-corrected chi connectivity index (χ0v) is 17.4. The summed E-state index contributed by atoms with van der Waals surface area (Å²) < 4.78 is 5.96. The van der Waals surface area contributed by atoms with Crippen molar-refractivity contribution in [3.8, 4) is 0 Å². The van der Waals surface area contributed by atoms with E-state index in [0.717, 1.165) is 4.47 Å². The van der Waals surface area contributed by atoms with Gasteiger partial charge in [0.1, 0.15) is 0 Å². The highest BCUT2D eigenvalue weighted by Crippen LogP contribution is 2.16. The second-order valence-electron chi connectivity index (χ2n) is 6.05. The molecule has 0 radical (unpaired) electrons. The summed E-state index contributed by atoms with van der Waals surface area (Å²) in [6, 6.07) is 19.5. The van der Waals surface area contributed by atoms with E-state index in [0.29, 0.717) is 21.8 Å². The van der Waals surface area contributed by atoms with Gasteiger partial charge in [-0.05, 0) is 54.6 Å². The molecule has 0 fully saturated rings. The molecule has 0 spiro atoms. The van der Waals surface area contributed by atoms with Crippen LogP contribution >= 0.6 is 27.5 Å². The molecule has 5 nitrogen and oxygen atoms in total. The number of carbonyl (C=O) groups excluding carboxylic acids is 3. The van der Waals surface area contributed by atoms with Crippen molar-refractivity contribution in [2.24, 2.45) is 0 Å². The summed E-state index contributed by atoms with van der Waals surface area (Å²) in [6.07, 6.45) is 0. The Kier molecular flexibility index (Phi) is 6.80. The number of hydrogen-bond acceptors (Lipinski definition) is 4. The van der Waals surface area contributed by atoms with Gasteiger partial charge in [0.05, 0.1) is 5.56 Å². The largest absolute Gasteiger partial charge is 0.454 e. The van der Waals surface area contributed by atoms with Crippen LogP contribution in [0.25, 0.3) is 0 Å². The molecule has 0 aliphatic carbocycles. The molecule has 7 heteroatoms. The number of nitrogens with one attached hydrogen (secondary N) is 1. The Morgan fingerprint density at radius 3 is 2.21 bits per heavy atom. The SMILES string of the molecule is O=C(COC(=O)c1cccc(NC(=O)c2ccc(Cl)cc2)c1)c1ccc(Br)cc1. The van der Waals surface area contributed by atoms with Crippen LogP contribution in [0.3, 0.4) is 0 Å². The number of halogens is 2. The van der Waals surface area contributed by atoms with E-state index in [1.807, 2.05) is 0 Å². The second kappa shape index (κ2) is 9.49. The smallest absolute Gasteiger partial charge is 0.338 e. The number of benzene rings is 3. The molecule has 29 heavy (non-hydrogen) atoms. The van der Waals surface area contributed by atoms with Gasteiger partial charge < -0.3 is 10.1 Å². The molecule has 0 atom stereocenters. The highest BCUT2D eigenvalue weighted by Gasteiger charge is 2.13. The minimum Gasteiger partial charge on any atom is -0.454 e. The molecule has 3 rings (SSSR count). The van der Waals surface area contributed by atoms with E-state index in [1.165, 1.54) is 6.07 Å². The number of hydrogen-bond donors (Lipinski definition) is 1. The van der Waals surface area contributed by atoms with Gasteiger partial charge in [0, 0.05) is 26.3 Å². The lowest BCUT2D eigenvalue weighted by molar-refractivity contribution is 0.0474. The third-order valence-electron chi connectivity index (χ3n) is 3.96. The Morgan fingerprint density at radius 2 is 1.52 bits per heavy atom. The number of Topliss-reactive ketones (excluding diaryl/α,β-unsaturated/α-hetero) is 1. The molecule has 0 bridgehead atoms. The normalized spacial score (nSPS) is 10.3. The van der Waals surface area contributed by atoms with Crippen molar-refractivity contribution in [1.82, 2.24) is 0 Å². The van der Waals surface area contributed by atoms with Gasteiger partial charge in [-0.1, -0.05) is 45.7 Å². The van der Waals surface area contributed by atoms with Crippen molar-refractivity contribution in [2.45, 2.75) is 0 Å². The number of amides is 1. The van der Waals surface area contributed by atoms with Gasteiger partial charge in [-0.2, -0.15) is 0 Å². The third-order valence-corrected chi connectivity index (χ3v) is 4.74. The Morgan fingerprint density at radius 1 is 0.862 bits per heavy atom. The lowest BCUT2D eigenvalue weighted by Gasteiger charge is -2.08. The van der Waals surface area contributed by atoms with Crippen LogP contribution in [0, 0.1) is 0 Å². The monoisotopic (exact) mass is 471 g/mol. The van der Waals surface area contributed by atoms with Crippen molar-refractivity contribution in [2.75, 3.05) is 11.9 Å². The van der Waals surface area contributed by atoms with Crippen molar-refractivity contribution >= 4 is 50.9 Å². The van der Waals surface area contributed by atoms with E-state index in [9.17, 15) is 14.4 Å². The summed E-state index contributed by atoms with van der Waals surface area (Å²) >= 11 is 9.12. The molecule has 3 aromatic carbocycles. The van der Waals surface area contributed by atoms with Crippen molar-refractivity contribution in [3.63, 3.8) is 0 Å². The van der Waals surface area contributed by atoms with Crippen molar-refractivity contribution < 1.29 is 19.1 Å². The van der Waals surface area contributed by atoms with Crippen LogP contribution in [0.1, 0.15) is 31.1 Å². The maximum Gasteiger partial charge on any atom is 0.338 e. The van der Waals surface area contributed by atoms with E-state index in [1.54, 1.807) is 66.7 Å². The summed E-state index contributed by atoms with van der Waals surface area (Å²) in [6.45, 7) is -0.373. The molecular weight excluding hydrogens is 458 g/mol. The first-order valence-electron chi connectivity index (χ1n) is 8.55. The minimum atomic E-state index is -0.655. The number of anilines is 1. The fourth-order valence-corrected chi connectivity index (χ4v) is 2.85. The van der Waals surface area contributed by atoms with Gasteiger partial charge in [0.15, 0.2) is 12.4 Å². The van der Waals surface area contributed by atoms with Crippen LogP contribution in [0.5, 0.6) is 0 Å². The van der Waals surface area contributed by atoms with Crippen LogP contribution in [-0.2, 0) is 4.74 Å². The first kappa shape index (κ1) is 20.8. The van der Waals surface area contributed by atoms with Gasteiger partial charge in [-0.15, -0.1) is 0 Å². The highest BCUT2D eigenvalue weighted by molar-refractivity contribution is 9.10. The van der Waals surface area contributed by atoms with E-state index in [4.69, 9.17) is 16.3 Å². The predicted molar refractivity (Wildman–Crippen MR) is 115 cm³/mol. The molecular formula is C22H15BrClNO4. The standard InChI is InChI=1S/C22H15BrClNO4/c23-17-8-4-14(5-9-17)20(26)13-29-22(28)16-2-1-3-19(12-16)25-21(27)15-6-10-18(24)11-7-15/h1-12H,13H2,(H,25,27). The van der Waals surface area contributed by atoms with Crippen molar-refractivity contribution in [3.05, 3.63) is 99.0 Å². The summed E-state index contributed by atoms with van der Waals surface area (Å²) in [5.74, 6) is -1.30. The third kappa shape index (κ3) is 5.76. The summed E-state index contributed by atoms with van der Waals surface area (Å²) in [4.78, 5) is 36.7. The number of esters is 1. The van der Waals surface area contributed by atoms with Gasteiger partial charge in [-0.25, -0.2) is 4.79 Å². The molecule has 0 heterocycles. The molecule has 3 aromatic rings. The first-order valence-corrected chi connectivity index (χ1v) is 9.72. The number of ether oxygens (including phenoxy) is 1. The van der Waals surface area contributed by atoms with Gasteiger partial charge in [0.2, 0.25) is 0 Å². The summed E-state index contributed by atoms with van der Waals surface area (Å²) in [5, 5.41) is 3.24. The maximum absolute atomic E-state index is 12.3. The average Bonchev–Trinajstić information content (AvgIpc) is 2.73. The van der Waals surface area contributed by atoms with E-state index in [2.05, 4.69) is 21.2 Å². The van der Waals surface area contributed by atoms with Gasteiger partial charge in [0.25, 0.3) is 5.91 Å².